The first-order valence-electron chi connectivity index (χ1n) is 6.93. The van der Waals surface area contributed by atoms with E-state index in [0.29, 0.717) is 12.1 Å². The van der Waals surface area contributed by atoms with Crippen LogP contribution in [0.25, 0.3) is 0 Å². The lowest BCUT2D eigenvalue weighted by atomic mass is 10.2. The van der Waals surface area contributed by atoms with Gasteiger partial charge in [-0.2, -0.15) is 0 Å². The molecule has 0 unspecified atom stereocenters. The molecule has 7 heteroatoms. The van der Waals surface area contributed by atoms with Crippen molar-refractivity contribution >= 4 is 5.69 Å². The molecule has 1 aromatic heterocycles. The number of ether oxygens (including phenoxy) is 1. The molecule has 1 fully saturated rings. The Hall–Kier alpha value is -2.28. The number of benzene rings is 1. The lowest BCUT2D eigenvalue weighted by Crippen LogP contribution is -2.21. The zero-order valence-corrected chi connectivity index (χ0v) is 11.7. The Kier molecular flexibility index (Phi) is 4.15. The zero-order valence-electron chi connectivity index (χ0n) is 11.7. The highest BCUT2D eigenvalue weighted by Gasteiger charge is 2.20. The lowest BCUT2D eigenvalue weighted by molar-refractivity contribution is 0.198. The van der Waals surface area contributed by atoms with Crippen molar-refractivity contribution in [2.75, 3.05) is 18.0 Å². The van der Waals surface area contributed by atoms with Crippen LogP contribution in [0.5, 0.6) is 6.01 Å². The number of aliphatic hydroxyl groups excluding tert-OH is 1. The number of hydrogen-bond acceptors (Lipinski definition) is 5. The van der Waals surface area contributed by atoms with Crippen molar-refractivity contribution in [2.24, 2.45) is 0 Å². The van der Waals surface area contributed by atoms with Gasteiger partial charge in [-0.3, -0.25) is 0 Å². The minimum Gasteiger partial charge on any atom is -0.459 e. The Labute approximate surface area is 126 Å². The highest BCUT2D eigenvalue weighted by molar-refractivity contribution is 5.43. The lowest BCUT2D eigenvalue weighted by Gasteiger charge is -2.16. The summed E-state index contributed by atoms with van der Waals surface area (Å²) in [5.41, 5.74) is 1.31. The van der Waals surface area contributed by atoms with E-state index in [-0.39, 0.29) is 18.7 Å². The molecule has 3 rings (SSSR count). The molecule has 1 aromatic carbocycles. The molecule has 2 heterocycles. The molecule has 1 atom stereocenters. The topological polar surface area (TPSA) is 58.5 Å². The molecule has 0 spiro atoms. The maximum absolute atomic E-state index is 13.1. The van der Waals surface area contributed by atoms with Gasteiger partial charge in [0.15, 0.2) is 11.6 Å². The van der Waals surface area contributed by atoms with Gasteiger partial charge in [-0.05, 0) is 24.1 Å². The van der Waals surface area contributed by atoms with E-state index in [1.54, 1.807) is 12.4 Å². The van der Waals surface area contributed by atoms with E-state index < -0.39 is 11.6 Å². The van der Waals surface area contributed by atoms with Crippen molar-refractivity contribution < 1.29 is 18.6 Å². The third-order valence-electron chi connectivity index (χ3n) is 3.49. The van der Waals surface area contributed by atoms with Crippen LogP contribution in [0.15, 0.2) is 30.6 Å². The van der Waals surface area contributed by atoms with Gasteiger partial charge in [0.1, 0.15) is 6.61 Å². The number of anilines is 1. The molecular formula is C15H15F2N3O2. The van der Waals surface area contributed by atoms with Crippen LogP contribution >= 0.6 is 0 Å². The number of aliphatic hydroxyl groups is 1. The monoisotopic (exact) mass is 307 g/mol. The van der Waals surface area contributed by atoms with Gasteiger partial charge in [0, 0.05) is 13.1 Å². The fourth-order valence-electron chi connectivity index (χ4n) is 2.30. The van der Waals surface area contributed by atoms with Crippen LogP contribution in [0.4, 0.5) is 14.5 Å². The molecule has 1 aliphatic heterocycles. The van der Waals surface area contributed by atoms with E-state index >= 15 is 0 Å². The Balaban J connectivity index is 1.60. The average molecular weight is 307 g/mol. The molecule has 0 bridgehead atoms. The Bertz CT molecular complexity index is 652. The van der Waals surface area contributed by atoms with Crippen molar-refractivity contribution in [1.82, 2.24) is 9.97 Å². The van der Waals surface area contributed by atoms with Crippen molar-refractivity contribution in [3.05, 3.63) is 47.8 Å². The van der Waals surface area contributed by atoms with Gasteiger partial charge in [0.05, 0.1) is 24.2 Å². The van der Waals surface area contributed by atoms with Crippen molar-refractivity contribution in [1.29, 1.82) is 0 Å². The minimum absolute atomic E-state index is 0.0545. The Morgan fingerprint density at radius 3 is 2.64 bits per heavy atom. The first kappa shape index (κ1) is 14.6. The second-order valence-electron chi connectivity index (χ2n) is 5.15. The largest absolute Gasteiger partial charge is 0.459 e. The summed E-state index contributed by atoms with van der Waals surface area (Å²) >= 11 is 0. The summed E-state index contributed by atoms with van der Waals surface area (Å²) in [6.45, 7) is 1.39. The zero-order chi connectivity index (χ0) is 15.5. The predicted molar refractivity (Wildman–Crippen MR) is 75.6 cm³/mol. The number of β-amino-alcohol motifs (C(OH)–C–C–N with tert-alkyl or cyclic N) is 1. The molecule has 116 valence electrons. The number of nitrogens with zero attached hydrogens (tertiary/aromatic N) is 3. The van der Waals surface area contributed by atoms with Crippen molar-refractivity contribution in [3.8, 4) is 6.01 Å². The van der Waals surface area contributed by atoms with Crippen LogP contribution in [0.2, 0.25) is 0 Å². The maximum atomic E-state index is 13.1. The molecule has 0 amide bonds. The highest BCUT2D eigenvalue weighted by atomic mass is 19.2. The SMILES string of the molecule is O[C@@H]1CCN(c2cnc(OCc3ccc(F)c(F)c3)nc2)C1. The molecule has 2 aromatic rings. The summed E-state index contributed by atoms with van der Waals surface area (Å²) < 4.78 is 31.2. The molecule has 22 heavy (non-hydrogen) atoms. The van der Waals surface area contributed by atoms with Gasteiger partial charge in [-0.25, -0.2) is 18.7 Å². The van der Waals surface area contributed by atoms with E-state index in [1.165, 1.54) is 6.07 Å². The third kappa shape index (κ3) is 3.30. The fraction of sp³-hybridized carbons (Fsp3) is 0.333. The second kappa shape index (κ2) is 6.23. The average Bonchev–Trinajstić information content (AvgIpc) is 2.95. The van der Waals surface area contributed by atoms with E-state index in [4.69, 9.17) is 4.74 Å². The number of aromatic nitrogens is 2. The maximum Gasteiger partial charge on any atom is 0.316 e. The number of rotatable bonds is 4. The van der Waals surface area contributed by atoms with E-state index in [2.05, 4.69) is 9.97 Å². The second-order valence-corrected chi connectivity index (χ2v) is 5.15. The van der Waals surface area contributed by atoms with Gasteiger partial charge in [0.2, 0.25) is 0 Å². The molecule has 1 saturated heterocycles. The quantitative estimate of drug-likeness (QED) is 0.935. The molecule has 5 nitrogen and oxygen atoms in total. The molecule has 1 aliphatic rings. The summed E-state index contributed by atoms with van der Waals surface area (Å²) in [7, 11) is 0. The van der Waals surface area contributed by atoms with Gasteiger partial charge >= 0.3 is 6.01 Å². The van der Waals surface area contributed by atoms with E-state index in [9.17, 15) is 13.9 Å². The summed E-state index contributed by atoms with van der Waals surface area (Å²) in [6.07, 6.45) is 3.65. The van der Waals surface area contributed by atoms with Crippen LogP contribution in [-0.2, 0) is 6.61 Å². The van der Waals surface area contributed by atoms with Gasteiger partial charge in [-0.1, -0.05) is 6.07 Å². The third-order valence-corrected chi connectivity index (χ3v) is 3.49. The molecular weight excluding hydrogens is 292 g/mol. The van der Waals surface area contributed by atoms with Crippen LogP contribution in [0.3, 0.4) is 0 Å². The Morgan fingerprint density at radius 1 is 1.23 bits per heavy atom. The minimum atomic E-state index is -0.912. The first-order chi connectivity index (χ1) is 10.6. The fourth-order valence-corrected chi connectivity index (χ4v) is 2.30. The van der Waals surface area contributed by atoms with Gasteiger partial charge in [-0.15, -0.1) is 0 Å². The smallest absolute Gasteiger partial charge is 0.316 e. The summed E-state index contributed by atoms with van der Waals surface area (Å²) in [4.78, 5) is 10.1. The van der Waals surface area contributed by atoms with E-state index in [0.717, 1.165) is 30.8 Å². The predicted octanol–water partition coefficient (Wildman–Crippen LogP) is 1.90. The molecule has 0 aliphatic carbocycles. The Morgan fingerprint density at radius 2 is 2.00 bits per heavy atom. The standard InChI is InChI=1S/C15H15F2N3O2/c16-13-2-1-10(5-14(13)17)9-22-15-18-6-11(7-19-15)20-4-3-12(21)8-20/h1-2,5-7,12,21H,3-4,8-9H2/t12-/m1/s1. The molecule has 0 radical (unpaired) electrons. The summed E-state index contributed by atoms with van der Waals surface area (Å²) in [6, 6.07) is 3.73. The highest BCUT2D eigenvalue weighted by Crippen LogP contribution is 2.20. The van der Waals surface area contributed by atoms with Crippen molar-refractivity contribution in [2.45, 2.75) is 19.1 Å². The summed E-state index contributed by atoms with van der Waals surface area (Å²) in [5, 5.41) is 9.50. The van der Waals surface area contributed by atoms with Gasteiger partial charge < -0.3 is 14.7 Å². The van der Waals surface area contributed by atoms with Crippen LogP contribution in [-0.4, -0.2) is 34.3 Å². The first-order valence-corrected chi connectivity index (χ1v) is 6.93. The number of halogens is 2. The van der Waals surface area contributed by atoms with Gasteiger partial charge in [0.25, 0.3) is 0 Å². The van der Waals surface area contributed by atoms with E-state index in [1.807, 2.05) is 4.90 Å². The molecule has 1 N–H and O–H groups in total. The number of hydrogen-bond donors (Lipinski definition) is 1. The van der Waals surface area contributed by atoms with Crippen LogP contribution in [0, 0.1) is 11.6 Å². The summed E-state index contributed by atoms with van der Waals surface area (Å²) in [5.74, 6) is -1.80. The van der Waals surface area contributed by atoms with Crippen LogP contribution < -0.4 is 9.64 Å². The molecule has 0 saturated carbocycles. The normalized spacial score (nSPS) is 17.8. The van der Waals surface area contributed by atoms with Crippen molar-refractivity contribution in [3.63, 3.8) is 0 Å². The van der Waals surface area contributed by atoms with Crippen LogP contribution in [0.1, 0.15) is 12.0 Å².